The third-order valence-corrected chi connectivity index (χ3v) is 5.45. The van der Waals surface area contributed by atoms with Crippen molar-refractivity contribution in [3.63, 3.8) is 0 Å². The van der Waals surface area contributed by atoms with Crippen molar-refractivity contribution in [1.82, 2.24) is 15.0 Å². The van der Waals surface area contributed by atoms with Crippen LogP contribution < -0.4 is 5.56 Å². The van der Waals surface area contributed by atoms with Gasteiger partial charge in [0.25, 0.3) is 5.56 Å². The molecule has 3 aromatic heterocycles. The van der Waals surface area contributed by atoms with Gasteiger partial charge in [-0.15, -0.1) is 11.3 Å². The second-order valence-corrected chi connectivity index (χ2v) is 7.19. The van der Waals surface area contributed by atoms with Crippen LogP contribution in [0.1, 0.15) is 35.2 Å². The summed E-state index contributed by atoms with van der Waals surface area (Å²) in [6.45, 7) is 2.27. The fourth-order valence-corrected chi connectivity index (χ4v) is 4.48. The Labute approximate surface area is 137 Å². The lowest BCUT2D eigenvalue weighted by Gasteiger charge is -2.17. The Balaban J connectivity index is 1.76. The van der Waals surface area contributed by atoms with E-state index in [1.54, 1.807) is 23.7 Å². The van der Waals surface area contributed by atoms with Crippen LogP contribution in [-0.2, 0) is 12.8 Å². The lowest BCUT2D eigenvalue weighted by Crippen LogP contribution is -2.13. The van der Waals surface area contributed by atoms with Crippen LogP contribution in [0.3, 0.4) is 0 Å². The molecule has 4 nitrogen and oxygen atoms in total. The zero-order valence-electron chi connectivity index (χ0n) is 12.9. The van der Waals surface area contributed by atoms with E-state index in [-0.39, 0.29) is 5.56 Å². The molecule has 0 radical (unpaired) electrons. The normalized spacial score (nSPS) is 17.7. The van der Waals surface area contributed by atoms with Crippen molar-refractivity contribution in [1.29, 1.82) is 0 Å². The van der Waals surface area contributed by atoms with Gasteiger partial charge in [0, 0.05) is 17.3 Å². The average molecular weight is 323 g/mol. The second kappa shape index (κ2) is 5.74. The van der Waals surface area contributed by atoms with Gasteiger partial charge in [-0.2, -0.15) is 0 Å². The predicted octanol–water partition coefficient (Wildman–Crippen LogP) is 3.67. The summed E-state index contributed by atoms with van der Waals surface area (Å²) in [5.41, 5.74) is 2.18. The number of aromatic nitrogens is 3. The maximum atomic E-state index is 12.5. The van der Waals surface area contributed by atoms with Crippen LogP contribution in [-0.4, -0.2) is 15.0 Å². The first-order valence-electron chi connectivity index (χ1n) is 7.83. The molecule has 1 aliphatic rings. The first kappa shape index (κ1) is 14.3. The topological polar surface area (TPSA) is 58.6 Å². The van der Waals surface area contributed by atoms with Gasteiger partial charge in [-0.25, -0.2) is 4.98 Å². The van der Waals surface area contributed by atoms with Crippen LogP contribution in [0.5, 0.6) is 0 Å². The average Bonchev–Trinajstić information content (AvgIpc) is 2.91. The van der Waals surface area contributed by atoms with E-state index >= 15 is 0 Å². The third kappa shape index (κ3) is 2.72. The van der Waals surface area contributed by atoms with Crippen molar-refractivity contribution in [2.24, 2.45) is 5.92 Å². The summed E-state index contributed by atoms with van der Waals surface area (Å²) in [6, 6.07) is 3.85. The molecule has 0 spiro atoms. The Morgan fingerprint density at radius 3 is 3.13 bits per heavy atom. The van der Waals surface area contributed by atoms with Gasteiger partial charge in [0.1, 0.15) is 10.7 Å². The molecule has 0 saturated carbocycles. The quantitative estimate of drug-likeness (QED) is 0.783. The maximum absolute atomic E-state index is 12.5. The monoisotopic (exact) mass is 323 g/mol. The number of aryl methyl sites for hydroxylation is 1. The fraction of sp³-hybridized carbons (Fsp3) is 0.278. The van der Waals surface area contributed by atoms with E-state index in [2.05, 4.69) is 21.9 Å². The molecule has 1 atom stereocenters. The first-order valence-corrected chi connectivity index (χ1v) is 8.65. The number of nitrogens with zero attached hydrogens (tertiary/aromatic N) is 2. The van der Waals surface area contributed by atoms with Crippen LogP contribution in [0.4, 0.5) is 0 Å². The van der Waals surface area contributed by atoms with Crippen molar-refractivity contribution in [2.45, 2.75) is 26.2 Å². The highest BCUT2D eigenvalue weighted by Crippen LogP contribution is 2.35. The summed E-state index contributed by atoms with van der Waals surface area (Å²) in [5, 5.41) is 0.801. The van der Waals surface area contributed by atoms with E-state index in [4.69, 9.17) is 0 Å². The summed E-state index contributed by atoms with van der Waals surface area (Å²) in [6.07, 6.45) is 10.5. The van der Waals surface area contributed by atoms with Crippen molar-refractivity contribution in [2.75, 3.05) is 0 Å². The highest BCUT2D eigenvalue weighted by atomic mass is 32.1. The Kier molecular flexibility index (Phi) is 3.58. The molecule has 0 fully saturated rings. The van der Waals surface area contributed by atoms with Gasteiger partial charge < -0.3 is 4.98 Å². The summed E-state index contributed by atoms with van der Waals surface area (Å²) in [5.74, 6) is 1.29. The van der Waals surface area contributed by atoms with Crippen LogP contribution in [0.15, 0.2) is 29.3 Å². The molecule has 0 aromatic carbocycles. The van der Waals surface area contributed by atoms with Crippen LogP contribution in [0.2, 0.25) is 0 Å². The van der Waals surface area contributed by atoms with Crippen LogP contribution in [0, 0.1) is 5.92 Å². The molecule has 1 N–H and O–H groups in total. The number of hydrogen-bond acceptors (Lipinski definition) is 4. The van der Waals surface area contributed by atoms with Crippen molar-refractivity contribution in [3.8, 4) is 0 Å². The minimum atomic E-state index is -0.0205. The highest BCUT2D eigenvalue weighted by Gasteiger charge is 2.22. The Hall–Kier alpha value is -2.27. The Bertz CT molecular complexity index is 940. The molecule has 5 heteroatoms. The van der Waals surface area contributed by atoms with Crippen molar-refractivity contribution in [3.05, 3.63) is 56.7 Å². The standard InChI is InChI=1S/C18H17N3OS/c1-11-4-6-13-14(9-11)23-18-16(13)17(22)20-15(21-18)7-5-12-3-2-8-19-10-12/h2-3,5,7-8,10-11H,4,6,9H2,1H3,(H,20,21,22)/b7-5+/t11-/m0/s1. The van der Waals surface area contributed by atoms with E-state index in [9.17, 15) is 4.79 Å². The lowest BCUT2D eigenvalue weighted by atomic mass is 9.89. The van der Waals surface area contributed by atoms with Gasteiger partial charge in [0.05, 0.1) is 5.39 Å². The Morgan fingerprint density at radius 1 is 1.39 bits per heavy atom. The number of hydrogen-bond donors (Lipinski definition) is 1. The molecule has 0 aliphatic heterocycles. The molecular weight excluding hydrogens is 306 g/mol. The number of rotatable bonds is 2. The summed E-state index contributed by atoms with van der Waals surface area (Å²) in [4.78, 5) is 26.3. The molecule has 0 unspecified atom stereocenters. The number of nitrogens with one attached hydrogen (secondary N) is 1. The molecular formula is C18H17N3OS. The number of pyridine rings is 1. The summed E-state index contributed by atoms with van der Waals surface area (Å²) >= 11 is 1.68. The third-order valence-electron chi connectivity index (χ3n) is 4.30. The molecule has 3 aromatic rings. The number of H-pyrrole nitrogens is 1. The van der Waals surface area contributed by atoms with Gasteiger partial charge in [-0.3, -0.25) is 9.78 Å². The van der Waals surface area contributed by atoms with E-state index in [0.717, 1.165) is 35.0 Å². The molecule has 23 heavy (non-hydrogen) atoms. The predicted molar refractivity (Wildman–Crippen MR) is 94.6 cm³/mol. The van der Waals surface area contributed by atoms with Gasteiger partial charge in [-0.05, 0) is 54.5 Å². The maximum Gasteiger partial charge on any atom is 0.260 e. The van der Waals surface area contributed by atoms with Gasteiger partial charge >= 0.3 is 0 Å². The minimum Gasteiger partial charge on any atom is -0.306 e. The van der Waals surface area contributed by atoms with Gasteiger partial charge in [0.2, 0.25) is 0 Å². The second-order valence-electron chi connectivity index (χ2n) is 6.10. The molecule has 4 rings (SSSR count). The van der Waals surface area contributed by atoms with E-state index in [1.807, 2.05) is 24.3 Å². The lowest BCUT2D eigenvalue weighted by molar-refractivity contribution is 0.509. The zero-order chi connectivity index (χ0) is 15.8. The van der Waals surface area contributed by atoms with E-state index in [1.165, 1.54) is 10.4 Å². The van der Waals surface area contributed by atoms with Crippen LogP contribution in [0.25, 0.3) is 22.4 Å². The van der Waals surface area contributed by atoms with E-state index in [0.29, 0.717) is 11.7 Å². The largest absolute Gasteiger partial charge is 0.306 e. The molecule has 0 bridgehead atoms. The minimum absolute atomic E-state index is 0.0205. The van der Waals surface area contributed by atoms with Gasteiger partial charge in [-0.1, -0.05) is 13.0 Å². The molecule has 0 amide bonds. The Morgan fingerprint density at radius 2 is 2.30 bits per heavy atom. The fourth-order valence-electron chi connectivity index (χ4n) is 3.09. The molecule has 116 valence electrons. The zero-order valence-corrected chi connectivity index (χ0v) is 13.7. The smallest absolute Gasteiger partial charge is 0.260 e. The number of aromatic amines is 1. The van der Waals surface area contributed by atoms with Crippen molar-refractivity contribution < 1.29 is 0 Å². The molecule has 3 heterocycles. The van der Waals surface area contributed by atoms with Gasteiger partial charge in [0.15, 0.2) is 0 Å². The number of thiophene rings is 1. The SMILES string of the molecule is C[C@H]1CCc2c(sc3nc(/C=C/c4cccnc4)[nH]c(=O)c23)C1. The van der Waals surface area contributed by atoms with Crippen LogP contribution >= 0.6 is 11.3 Å². The van der Waals surface area contributed by atoms with Crippen molar-refractivity contribution >= 4 is 33.7 Å². The molecule has 1 aliphatic carbocycles. The highest BCUT2D eigenvalue weighted by molar-refractivity contribution is 7.18. The summed E-state index contributed by atoms with van der Waals surface area (Å²) in [7, 11) is 0. The first-order chi connectivity index (χ1) is 11.2. The van der Waals surface area contributed by atoms with E-state index < -0.39 is 0 Å². The number of fused-ring (bicyclic) bond motifs is 3. The molecule has 0 saturated heterocycles. The summed E-state index contributed by atoms with van der Waals surface area (Å²) < 4.78 is 0.